The van der Waals surface area contributed by atoms with E-state index in [1.54, 1.807) is 6.92 Å². The van der Waals surface area contributed by atoms with Crippen LogP contribution in [0, 0.1) is 0 Å². The van der Waals surface area contributed by atoms with Crippen molar-refractivity contribution in [2.75, 3.05) is 33.0 Å². The summed E-state index contributed by atoms with van der Waals surface area (Å²) in [6, 6.07) is 9.45. The Labute approximate surface area is 170 Å². The lowest BCUT2D eigenvalue weighted by molar-refractivity contribution is -0.0745. The Kier molecular flexibility index (Phi) is 17.1. The van der Waals surface area contributed by atoms with Gasteiger partial charge in [0.2, 0.25) is 0 Å². The fourth-order valence-electron chi connectivity index (χ4n) is 1.91. The van der Waals surface area contributed by atoms with E-state index < -0.39 is 6.10 Å². The molecule has 0 amide bonds. The number of aliphatic hydroxyl groups is 2. The van der Waals surface area contributed by atoms with Crippen molar-refractivity contribution in [3.8, 4) is 5.75 Å². The summed E-state index contributed by atoms with van der Waals surface area (Å²) in [7, 11) is 0. The largest absolute Gasteiger partial charge is 0.491 e. The van der Waals surface area contributed by atoms with E-state index in [0.717, 1.165) is 25.2 Å². The summed E-state index contributed by atoms with van der Waals surface area (Å²) in [5.74, 6) is 0.799. The van der Waals surface area contributed by atoms with Crippen LogP contribution in [-0.2, 0) is 14.2 Å². The van der Waals surface area contributed by atoms with Gasteiger partial charge in [-0.15, -0.1) is 0 Å². The van der Waals surface area contributed by atoms with Crippen LogP contribution in [0.1, 0.15) is 47.5 Å². The molecule has 4 atom stereocenters. The maximum atomic E-state index is 8.89. The highest BCUT2D eigenvalue weighted by Crippen LogP contribution is 2.08. The van der Waals surface area contributed by atoms with Gasteiger partial charge in [-0.3, -0.25) is 0 Å². The molecule has 0 radical (unpaired) electrons. The monoisotopic (exact) mass is 400 g/mol. The van der Waals surface area contributed by atoms with Crippen LogP contribution in [0.5, 0.6) is 5.75 Å². The minimum atomic E-state index is -0.407. The Morgan fingerprint density at radius 3 is 1.93 bits per heavy atom. The normalized spacial score (nSPS) is 15.1. The van der Waals surface area contributed by atoms with Crippen molar-refractivity contribution < 1.29 is 29.2 Å². The summed E-state index contributed by atoms with van der Waals surface area (Å²) in [5, 5.41) is 17.7. The molecular formula is C22H40O6. The van der Waals surface area contributed by atoms with Crippen LogP contribution >= 0.6 is 0 Å². The van der Waals surface area contributed by atoms with E-state index >= 15 is 0 Å². The predicted molar refractivity (Wildman–Crippen MR) is 112 cm³/mol. The summed E-state index contributed by atoms with van der Waals surface area (Å²) in [5.41, 5.74) is 0. The molecule has 6 nitrogen and oxygen atoms in total. The van der Waals surface area contributed by atoms with Crippen LogP contribution in [0.15, 0.2) is 30.3 Å². The predicted octanol–water partition coefficient (Wildman–Crippen LogP) is 3.44. The van der Waals surface area contributed by atoms with E-state index in [0.29, 0.717) is 19.8 Å². The standard InChI is InChI=1S/C13H28O4.C9H12O2/c1-5-6-7-15-12(3)9-17-13(4)10-16-11(2)8-14;1-8(10)7-11-9-5-3-2-4-6-9/h11-14H,5-10H2,1-4H3;2-6,8,10H,7H2,1H3. The van der Waals surface area contributed by atoms with Crippen LogP contribution in [-0.4, -0.2) is 67.7 Å². The molecule has 0 aliphatic heterocycles. The highest BCUT2D eigenvalue weighted by molar-refractivity contribution is 5.20. The second kappa shape index (κ2) is 17.9. The molecule has 6 heteroatoms. The molecular weight excluding hydrogens is 360 g/mol. The van der Waals surface area contributed by atoms with Gasteiger partial charge < -0.3 is 29.2 Å². The number of ether oxygens (including phenoxy) is 4. The van der Waals surface area contributed by atoms with Gasteiger partial charge in [0.1, 0.15) is 12.4 Å². The molecule has 0 bridgehead atoms. The minimum absolute atomic E-state index is 0.0289. The molecule has 1 rings (SSSR count). The Balaban J connectivity index is 0.000000567. The van der Waals surface area contributed by atoms with Gasteiger partial charge in [0.05, 0.1) is 44.2 Å². The van der Waals surface area contributed by atoms with Crippen molar-refractivity contribution in [2.45, 2.75) is 71.9 Å². The van der Waals surface area contributed by atoms with Gasteiger partial charge in [0, 0.05) is 6.61 Å². The number of para-hydroxylation sites is 1. The van der Waals surface area contributed by atoms with Crippen molar-refractivity contribution >= 4 is 0 Å². The lowest BCUT2D eigenvalue weighted by atomic mass is 10.3. The quantitative estimate of drug-likeness (QED) is 0.466. The van der Waals surface area contributed by atoms with Gasteiger partial charge >= 0.3 is 0 Å². The third-order valence-corrected chi connectivity index (χ3v) is 3.62. The number of hydrogen-bond donors (Lipinski definition) is 2. The van der Waals surface area contributed by atoms with Crippen molar-refractivity contribution in [1.82, 2.24) is 0 Å². The summed E-state index contributed by atoms with van der Waals surface area (Å²) in [6.07, 6.45) is 1.86. The average molecular weight is 401 g/mol. The molecule has 1 aromatic carbocycles. The molecule has 0 heterocycles. The Morgan fingerprint density at radius 2 is 1.39 bits per heavy atom. The van der Waals surface area contributed by atoms with E-state index in [9.17, 15) is 0 Å². The van der Waals surface area contributed by atoms with E-state index in [1.165, 1.54) is 0 Å². The van der Waals surface area contributed by atoms with Gasteiger partial charge in [-0.25, -0.2) is 0 Å². The van der Waals surface area contributed by atoms with Gasteiger partial charge in [-0.1, -0.05) is 31.5 Å². The summed E-state index contributed by atoms with van der Waals surface area (Å²) in [4.78, 5) is 0. The van der Waals surface area contributed by atoms with Crippen molar-refractivity contribution in [2.24, 2.45) is 0 Å². The Bertz CT molecular complexity index is 440. The van der Waals surface area contributed by atoms with Crippen LogP contribution < -0.4 is 4.74 Å². The molecule has 0 saturated carbocycles. The average Bonchev–Trinajstić information content (AvgIpc) is 2.70. The van der Waals surface area contributed by atoms with E-state index in [1.807, 2.05) is 51.1 Å². The number of hydrogen-bond acceptors (Lipinski definition) is 6. The van der Waals surface area contributed by atoms with Crippen molar-refractivity contribution in [1.29, 1.82) is 0 Å². The van der Waals surface area contributed by atoms with Gasteiger partial charge in [-0.2, -0.15) is 0 Å². The Hall–Kier alpha value is -1.18. The van der Waals surface area contributed by atoms with Gasteiger partial charge in [0.15, 0.2) is 0 Å². The fraction of sp³-hybridized carbons (Fsp3) is 0.727. The smallest absolute Gasteiger partial charge is 0.119 e. The molecule has 0 aliphatic rings. The third-order valence-electron chi connectivity index (χ3n) is 3.62. The highest BCUT2D eigenvalue weighted by atomic mass is 16.6. The molecule has 0 spiro atoms. The molecule has 1 aromatic rings. The van der Waals surface area contributed by atoms with E-state index in [2.05, 4.69) is 6.92 Å². The molecule has 28 heavy (non-hydrogen) atoms. The maximum absolute atomic E-state index is 8.89. The first-order valence-electron chi connectivity index (χ1n) is 10.2. The Morgan fingerprint density at radius 1 is 0.821 bits per heavy atom. The molecule has 164 valence electrons. The molecule has 0 saturated heterocycles. The lowest BCUT2D eigenvalue weighted by Gasteiger charge is -2.19. The zero-order valence-corrected chi connectivity index (χ0v) is 18.2. The molecule has 2 N–H and O–H groups in total. The number of benzene rings is 1. The maximum Gasteiger partial charge on any atom is 0.119 e. The molecule has 4 unspecified atom stereocenters. The summed E-state index contributed by atoms with van der Waals surface area (Å²) < 4.78 is 21.8. The van der Waals surface area contributed by atoms with E-state index in [4.69, 9.17) is 29.2 Å². The second-order valence-electron chi connectivity index (χ2n) is 6.98. The first-order valence-corrected chi connectivity index (χ1v) is 10.2. The van der Waals surface area contributed by atoms with Crippen LogP contribution in [0.25, 0.3) is 0 Å². The topological polar surface area (TPSA) is 77.4 Å². The number of aliphatic hydroxyl groups excluding tert-OH is 2. The minimum Gasteiger partial charge on any atom is -0.491 e. The van der Waals surface area contributed by atoms with Crippen LogP contribution in [0.4, 0.5) is 0 Å². The highest BCUT2D eigenvalue weighted by Gasteiger charge is 2.09. The number of unbranched alkanes of at least 4 members (excludes halogenated alkanes) is 1. The van der Waals surface area contributed by atoms with Crippen molar-refractivity contribution in [3.63, 3.8) is 0 Å². The van der Waals surface area contributed by atoms with E-state index in [-0.39, 0.29) is 24.9 Å². The molecule has 0 fully saturated rings. The molecule has 0 aromatic heterocycles. The summed E-state index contributed by atoms with van der Waals surface area (Å²) in [6.45, 7) is 11.9. The lowest BCUT2D eigenvalue weighted by Crippen LogP contribution is -2.26. The third kappa shape index (κ3) is 17.0. The van der Waals surface area contributed by atoms with Crippen LogP contribution in [0.2, 0.25) is 0 Å². The fourth-order valence-corrected chi connectivity index (χ4v) is 1.91. The first kappa shape index (κ1) is 26.8. The van der Waals surface area contributed by atoms with Crippen molar-refractivity contribution in [3.05, 3.63) is 30.3 Å². The zero-order valence-electron chi connectivity index (χ0n) is 18.2. The summed E-state index contributed by atoms with van der Waals surface area (Å²) >= 11 is 0. The van der Waals surface area contributed by atoms with Crippen LogP contribution in [0.3, 0.4) is 0 Å². The second-order valence-corrected chi connectivity index (χ2v) is 6.98. The zero-order chi connectivity index (χ0) is 21.2. The number of rotatable bonds is 14. The molecule has 0 aliphatic carbocycles. The SMILES string of the molecule is CC(O)COc1ccccc1.CCCCOC(C)COC(C)COC(C)CO. The van der Waals surface area contributed by atoms with Gasteiger partial charge in [-0.05, 0) is 46.2 Å². The first-order chi connectivity index (χ1) is 13.4. The van der Waals surface area contributed by atoms with Gasteiger partial charge in [0.25, 0.3) is 0 Å².